The number of carbonyl (C=O) groups excluding carboxylic acids is 1. The van der Waals surface area contributed by atoms with Crippen LogP contribution in [0.1, 0.15) is 24.5 Å². The van der Waals surface area contributed by atoms with Crippen molar-refractivity contribution in [3.05, 3.63) is 35.4 Å². The molecule has 1 atom stereocenters. The number of nitrogens with one attached hydrogen (secondary N) is 1. The van der Waals surface area contributed by atoms with Crippen LogP contribution in [-0.2, 0) is 16.1 Å². The summed E-state index contributed by atoms with van der Waals surface area (Å²) >= 11 is 0. The number of rotatable bonds is 5. The summed E-state index contributed by atoms with van der Waals surface area (Å²) in [6, 6.07) is 7.74. The Kier molecular flexibility index (Phi) is 4.69. The van der Waals surface area contributed by atoms with Crippen LogP contribution < -0.4 is 5.32 Å². The van der Waals surface area contributed by atoms with E-state index in [0.29, 0.717) is 13.0 Å². The molecule has 0 saturated carbocycles. The fourth-order valence-electron chi connectivity index (χ4n) is 1.61. The normalized spacial score (nSPS) is 11.9. The summed E-state index contributed by atoms with van der Waals surface area (Å²) in [6.07, 6.45) is 0.301. The van der Waals surface area contributed by atoms with Crippen molar-refractivity contribution in [2.45, 2.75) is 26.8 Å². The number of hydrogen-bond donors (Lipinski definition) is 2. The molecule has 92 valence electrons. The van der Waals surface area contributed by atoms with Crippen LogP contribution in [0.15, 0.2) is 24.3 Å². The van der Waals surface area contributed by atoms with Gasteiger partial charge >= 0.3 is 5.97 Å². The van der Waals surface area contributed by atoms with E-state index in [2.05, 4.69) is 5.32 Å². The number of amides is 1. The minimum absolute atomic E-state index is 0.301. The van der Waals surface area contributed by atoms with E-state index < -0.39 is 17.8 Å². The smallest absolute Gasteiger partial charge is 0.316 e. The minimum atomic E-state index is -1.07. The Morgan fingerprint density at radius 1 is 1.41 bits per heavy atom. The van der Waals surface area contributed by atoms with E-state index >= 15 is 0 Å². The largest absolute Gasteiger partial charge is 0.481 e. The van der Waals surface area contributed by atoms with Crippen LogP contribution in [0, 0.1) is 12.8 Å². The molecule has 0 radical (unpaired) electrons. The molecule has 0 fully saturated rings. The van der Waals surface area contributed by atoms with Crippen LogP contribution >= 0.6 is 0 Å². The molecule has 0 saturated heterocycles. The molecule has 0 spiro atoms. The molecule has 4 nitrogen and oxygen atoms in total. The second kappa shape index (κ2) is 6.03. The molecule has 1 unspecified atom stereocenters. The number of hydrogen-bond acceptors (Lipinski definition) is 2. The van der Waals surface area contributed by atoms with Crippen molar-refractivity contribution in [3.63, 3.8) is 0 Å². The highest BCUT2D eigenvalue weighted by Crippen LogP contribution is 2.06. The first-order valence-corrected chi connectivity index (χ1v) is 5.60. The van der Waals surface area contributed by atoms with Crippen LogP contribution in [0.2, 0.25) is 0 Å². The van der Waals surface area contributed by atoms with Gasteiger partial charge in [0.25, 0.3) is 0 Å². The van der Waals surface area contributed by atoms with Crippen LogP contribution in [0.4, 0.5) is 0 Å². The van der Waals surface area contributed by atoms with Gasteiger partial charge < -0.3 is 10.4 Å². The Hall–Kier alpha value is -1.84. The van der Waals surface area contributed by atoms with E-state index in [0.717, 1.165) is 11.1 Å². The summed E-state index contributed by atoms with van der Waals surface area (Å²) in [5.74, 6) is -2.46. The monoisotopic (exact) mass is 235 g/mol. The van der Waals surface area contributed by atoms with Crippen LogP contribution in [0.25, 0.3) is 0 Å². The third-order valence-electron chi connectivity index (χ3n) is 2.57. The second-order valence-corrected chi connectivity index (χ2v) is 4.01. The number of carboxylic acids is 1. The van der Waals surface area contributed by atoms with Gasteiger partial charge in [0, 0.05) is 6.54 Å². The first-order valence-electron chi connectivity index (χ1n) is 5.60. The van der Waals surface area contributed by atoms with E-state index in [1.165, 1.54) is 0 Å². The highest BCUT2D eigenvalue weighted by molar-refractivity contribution is 5.96. The SMILES string of the molecule is CCC(C(=O)O)C(=O)NCc1cccc(C)c1. The zero-order valence-electron chi connectivity index (χ0n) is 10.1. The number of carboxylic acid groups (broad SMARTS) is 1. The summed E-state index contributed by atoms with van der Waals surface area (Å²) in [4.78, 5) is 22.4. The van der Waals surface area contributed by atoms with Crippen LogP contribution in [0.5, 0.6) is 0 Å². The molecule has 1 aromatic rings. The molecule has 0 heterocycles. The van der Waals surface area contributed by atoms with Crippen molar-refractivity contribution in [1.29, 1.82) is 0 Å². The summed E-state index contributed by atoms with van der Waals surface area (Å²) in [7, 11) is 0. The Morgan fingerprint density at radius 2 is 2.12 bits per heavy atom. The molecule has 0 aliphatic carbocycles. The van der Waals surface area contributed by atoms with Gasteiger partial charge in [0.15, 0.2) is 0 Å². The minimum Gasteiger partial charge on any atom is -0.481 e. The van der Waals surface area contributed by atoms with Gasteiger partial charge in [-0.3, -0.25) is 9.59 Å². The number of carbonyl (C=O) groups is 2. The van der Waals surface area contributed by atoms with E-state index in [1.807, 2.05) is 31.2 Å². The molecule has 1 amide bonds. The summed E-state index contributed by atoms with van der Waals surface area (Å²) in [5, 5.41) is 11.5. The number of aliphatic carboxylic acids is 1. The third kappa shape index (κ3) is 3.90. The zero-order chi connectivity index (χ0) is 12.8. The first kappa shape index (κ1) is 13.2. The molecule has 0 aliphatic rings. The molecular weight excluding hydrogens is 218 g/mol. The summed E-state index contributed by atoms with van der Waals surface area (Å²) in [5.41, 5.74) is 2.08. The highest BCUT2D eigenvalue weighted by atomic mass is 16.4. The number of benzene rings is 1. The predicted molar refractivity (Wildman–Crippen MR) is 64.4 cm³/mol. The maximum Gasteiger partial charge on any atom is 0.316 e. The first-order chi connectivity index (χ1) is 8.04. The summed E-state index contributed by atoms with van der Waals surface area (Å²) in [6.45, 7) is 4.02. The lowest BCUT2D eigenvalue weighted by Crippen LogP contribution is -2.34. The lowest BCUT2D eigenvalue weighted by atomic mass is 10.1. The lowest BCUT2D eigenvalue weighted by molar-refractivity contribution is -0.147. The van der Waals surface area contributed by atoms with E-state index in [1.54, 1.807) is 6.92 Å². The van der Waals surface area contributed by atoms with Gasteiger partial charge in [-0.05, 0) is 18.9 Å². The number of aryl methyl sites for hydroxylation is 1. The Morgan fingerprint density at radius 3 is 2.65 bits per heavy atom. The van der Waals surface area contributed by atoms with E-state index in [9.17, 15) is 9.59 Å². The average molecular weight is 235 g/mol. The van der Waals surface area contributed by atoms with Crippen LogP contribution in [-0.4, -0.2) is 17.0 Å². The van der Waals surface area contributed by atoms with Crippen molar-refractivity contribution < 1.29 is 14.7 Å². The van der Waals surface area contributed by atoms with Crippen LogP contribution in [0.3, 0.4) is 0 Å². The van der Waals surface area contributed by atoms with E-state index in [4.69, 9.17) is 5.11 Å². The Bertz CT molecular complexity index is 415. The molecular formula is C13H17NO3. The predicted octanol–water partition coefficient (Wildman–Crippen LogP) is 1.72. The molecule has 4 heteroatoms. The van der Waals surface area contributed by atoms with Gasteiger partial charge in [0.2, 0.25) is 5.91 Å². The molecule has 1 rings (SSSR count). The van der Waals surface area contributed by atoms with E-state index in [-0.39, 0.29) is 0 Å². The average Bonchev–Trinajstić information content (AvgIpc) is 2.27. The van der Waals surface area contributed by atoms with Crippen molar-refractivity contribution >= 4 is 11.9 Å². The summed E-state index contributed by atoms with van der Waals surface area (Å²) < 4.78 is 0. The fraction of sp³-hybridized carbons (Fsp3) is 0.385. The van der Waals surface area contributed by atoms with Crippen molar-refractivity contribution in [2.75, 3.05) is 0 Å². The quantitative estimate of drug-likeness (QED) is 0.764. The lowest BCUT2D eigenvalue weighted by Gasteiger charge is -2.10. The topological polar surface area (TPSA) is 66.4 Å². The molecule has 1 aromatic carbocycles. The maximum atomic E-state index is 11.6. The Labute approximate surface area is 101 Å². The van der Waals surface area contributed by atoms with Gasteiger partial charge in [-0.2, -0.15) is 0 Å². The third-order valence-corrected chi connectivity index (χ3v) is 2.57. The van der Waals surface area contributed by atoms with Crippen molar-refractivity contribution in [2.24, 2.45) is 5.92 Å². The van der Waals surface area contributed by atoms with Gasteiger partial charge in [-0.25, -0.2) is 0 Å². The molecule has 17 heavy (non-hydrogen) atoms. The Balaban J connectivity index is 2.56. The van der Waals surface area contributed by atoms with Gasteiger partial charge in [-0.1, -0.05) is 36.8 Å². The van der Waals surface area contributed by atoms with Crippen molar-refractivity contribution in [3.8, 4) is 0 Å². The molecule has 2 N–H and O–H groups in total. The van der Waals surface area contributed by atoms with Crippen molar-refractivity contribution in [1.82, 2.24) is 5.32 Å². The zero-order valence-corrected chi connectivity index (χ0v) is 10.1. The highest BCUT2D eigenvalue weighted by Gasteiger charge is 2.23. The maximum absolute atomic E-state index is 11.6. The van der Waals surface area contributed by atoms with Gasteiger partial charge in [-0.15, -0.1) is 0 Å². The molecule has 0 bridgehead atoms. The second-order valence-electron chi connectivity index (χ2n) is 4.01. The standard InChI is InChI=1S/C13H17NO3/c1-3-11(13(16)17)12(15)14-8-10-6-4-5-9(2)7-10/h4-7,11H,3,8H2,1-2H3,(H,14,15)(H,16,17). The van der Waals surface area contributed by atoms with Gasteiger partial charge in [0.1, 0.15) is 5.92 Å². The van der Waals surface area contributed by atoms with Gasteiger partial charge in [0.05, 0.1) is 0 Å². The molecule has 0 aromatic heterocycles. The fourth-order valence-corrected chi connectivity index (χ4v) is 1.61. The molecule has 0 aliphatic heterocycles.